The summed E-state index contributed by atoms with van der Waals surface area (Å²) in [7, 11) is 0. The van der Waals surface area contributed by atoms with Gasteiger partial charge in [0.15, 0.2) is 0 Å². The molecule has 0 spiro atoms. The Balaban J connectivity index is 1.07. The maximum Gasteiger partial charge on any atom is 0.0542 e. The van der Waals surface area contributed by atoms with E-state index in [1.54, 1.807) is 0 Å². The van der Waals surface area contributed by atoms with E-state index < -0.39 is 0 Å². The maximum atomic E-state index is 2.45. The van der Waals surface area contributed by atoms with Crippen LogP contribution in [0.3, 0.4) is 0 Å². The van der Waals surface area contributed by atoms with Gasteiger partial charge in [0.25, 0.3) is 0 Å². The third-order valence-electron chi connectivity index (χ3n) is 12.0. The third-order valence-corrected chi connectivity index (χ3v) is 12.0. The SMILES string of the molecule is C1=CC(c2ccc3c(c2)c2ccccc2n3-c2ccc3c(c2)c2cc(-c4ccc5c(c4)c4ccccc4n5-c4ccccc4)ccc2n3-c2ccccc2)=CCC1. The molecule has 0 saturated carbocycles. The Morgan fingerprint density at radius 2 is 0.719 bits per heavy atom. The summed E-state index contributed by atoms with van der Waals surface area (Å²) < 4.78 is 7.25. The summed E-state index contributed by atoms with van der Waals surface area (Å²) in [5.41, 5.74) is 15.7. The summed E-state index contributed by atoms with van der Waals surface area (Å²) in [6.07, 6.45) is 9.14. The van der Waals surface area contributed by atoms with Crippen molar-refractivity contribution in [3.63, 3.8) is 0 Å². The van der Waals surface area contributed by atoms with Crippen molar-refractivity contribution >= 4 is 71.0 Å². The molecule has 1 aliphatic carbocycles. The summed E-state index contributed by atoms with van der Waals surface area (Å²) in [4.78, 5) is 0. The fourth-order valence-corrected chi connectivity index (χ4v) is 9.45. The van der Waals surface area contributed by atoms with Crippen LogP contribution in [0.1, 0.15) is 18.4 Å². The molecule has 0 N–H and O–H groups in total. The van der Waals surface area contributed by atoms with Gasteiger partial charge in [-0.1, -0.05) is 109 Å². The molecule has 0 atom stereocenters. The zero-order valence-electron chi connectivity index (χ0n) is 31.3. The van der Waals surface area contributed by atoms with Crippen LogP contribution in [0.2, 0.25) is 0 Å². The predicted molar refractivity (Wildman–Crippen MR) is 241 cm³/mol. The minimum absolute atomic E-state index is 1.09. The summed E-state index contributed by atoms with van der Waals surface area (Å²) in [5.74, 6) is 0. The first-order valence-corrected chi connectivity index (χ1v) is 19.9. The maximum absolute atomic E-state index is 2.45. The minimum atomic E-state index is 1.09. The lowest BCUT2D eigenvalue weighted by Crippen LogP contribution is -1.95. The van der Waals surface area contributed by atoms with Crippen molar-refractivity contribution in [2.24, 2.45) is 0 Å². The first-order chi connectivity index (χ1) is 28.3. The van der Waals surface area contributed by atoms with Crippen molar-refractivity contribution < 1.29 is 0 Å². The van der Waals surface area contributed by atoms with E-state index in [1.807, 2.05) is 0 Å². The van der Waals surface area contributed by atoms with Crippen LogP contribution in [0, 0.1) is 0 Å². The molecular weight excluding hydrogens is 691 g/mol. The molecule has 8 aromatic carbocycles. The van der Waals surface area contributed by atoms with Crippen LogP contribution in [0.15, 0.2) is 200 Å². The molecule has 0 radical (unpaired) electrons. The largest absolute Gasteiger partial charge is 0.309 e. The predicted octanol–water partition coefficient (Wildman–Crippen LogP) is 14.4. The zero-order valence-corrected chi connectivity index (χ0v) is 31.3. The van der Waals surface area contributed by atoms with Crippen molar-refractivity contribution in [2.45, 2.75) is 12.8 Å². The van der Waals surface area contributed by atoms with E-state index in [4.69, 9.17) is 0 Å². The second kappa shape index (κ2) is 12.6. The molecular formula is C54H37N3. The first kappa shape index (κ1) is 31.9. The third kappa shape index (κ3) is 4.92. The van der Waals surface area contributed by atoms with E-state index in [-0.39, 0.29) is 0 Å². The summed E-state index contributed by atoms with van der Waals surface area (Å²) in [6.45, 7) is 0. The van der Waals surface area contributed by atoms with Gasteiger partial charge in [-0.2, -0.15) is 0 Å². The Morgan fingerprint density at radius 3 is 1.26 bits per heavy atom. The lowest BCUT2D eigenvalue weighted by molar-refractivity contribution is 1.04. The lowest BCUT2D eigenvalue weighted by Gasteiger charge is -2.11. The molecule has 0 unspecified atom stereocenters. The van der Waals surface area contributed by atoms with Crippen LogP contribution < -0.4 is 0 Å². The Morgan fingerprint density at radius 1 is 0.298 bits per heavy atom. The molecule has 0 fully saturated rings. The molecule has 0 saturated heterocycles. The molecule has 3 heterocycles. The van der Waals surface area contributed by atoms with Crippen LogP contribution in [0.25, 0.3) is 99.2 Å². The number of nitrogens with zero attached hydrogens (tertiary/aromatic N) is 3. The summed E-state index contributed by atoms with van der Waals surface area (Å²) >= 11 is 0. The van der Waals surface area contributed by atoms with Crippen LogP contribution in [-0.2, 0) is 0 Å². The fourth-order valence-electron chi connectivity index (χ4n) is 9.45. The number of para-hydroxylation sites is 4. The zero-order chi connectivity index (χ0) is 37.5. The van der Waals surface area contributed by atoms with Crippen LogP contribution in [0.4, 0.5) is 0 Å². The molecule has 0 aliphatic heterocycles. The number of rotatable bonds is 5. The molecule has 3 aromatic heterocycles. The quantitative estimate of drug-likeness (QED) is 0.168. The standard InChI is InChI=1S/C54H37N3/c1-4-14-36(15-5-1)37-24-28-52-45(32-37)44-21-11-13-23-50(44)57(52)42-27-31-54-48(35-42)47-34-39(26-30-53(47)56(54)41-18-8-3-9-19-41)38-25-29-51-46(33-38)43-20-10-12-22-49(43)55(51)40-16-6-2-7-17-40/h2-4,6-35H,1,5H2. The van der Waals surface area contributed by atoms with Gasteiger partial charge in [-0.3, -0.25) is 0 Å². The first-order valence-electron chi connectivity index (χ1n) is 19.9. The van der Waals surface area contributed by atoms with E-state index in [0.29, 0.717) is 0 Å². The van der Waals surface area contributed by atoms with E-state index in [1.165, 1.54) is 93.4 Å². The highest BCUT2D eigenvalue weighted by atomic mass is 15.0. The summed E-state index contributed by atoms with van der Waals surface area (Å²) in [5, 5.41) is 7.53. The normalized spacial score (nSPS) is 13.2. The van der Waals surface area contributed by atoms with Gasteiger partial charge in [-0.15, -0.1) is 0 Å². The second-order valence-corrected chi connectivity index (χ2v) is 15.2. The number of allylic oxidation sites excluding steroid dienone is 4. The molecule has 0 amide bonds. The number of benzene rings is 8. The van der Waals surface area contributed by atoms with Gasteiger partial charge < -0.3 is 13.7 Å². The van der Waals surface area contributed by atoms with Gasteiger partial charge in [0.2, 0.25) is 0 Å². The average Bonchev–Trinajstić information content (AvgIpc) is 3.92. The molecule has 0 bridgehead atoms. The molecule has 12 rings (SSSR count). The van der Waals surface area contributed by atoms with Crippen molar-refractivity contribution in [1.29, 1.82) is 0 Å². The van der Waals surface area contributed by atoms with E-state index >= 15 is 0 Å². The minimum Gasteiger partial charge on any atom is -0.309 e. The second-order valence-electron chi connectivity index (χ2n) is 15.2. The van der Waals surface area contributed by atoms with Crippen molar-refractivity contribution in [1.82, 2.24) is 13.7 Å². The van der Waals surface area contributed by atoms with Gasteiger partial charge in [-0.25, -0.2) is 0 Å². The van der Waals surface area contributed by atoms with Crippen LogP contribution in [-0.4, -0.2) is 13.7 Å². The highest BCUT2D eigenvalue weighted by Crippen LogP contribution is 2.41. The lowest BCUT2D eigenvalue weighted by atomic mass is 9.98. The average molecular weight is 728 g/mol. The smallest absolute Gasteiger partial charge is 0.0542 e. The molecule has 1 aliphatic rings. The van der Waals surface area contributed by atoms with E-state index in [9.17, 15) is 0 Å². The highest BCUT2D eigenvalue weighted by Gasteiger charge is 2.19. The Bertz CT molecular complexity index is 3440. The Kier molecular flexibility index (Phi) is 7.05. The number of hydrogen-bond donors (Lipinski definition) is 0. The Labute approximate surface area is 330 Å². The van der Waals surface area contributed by atoms with E-state index in [0.717, 1.165) is 24.2 Å². The number of aromatic nitrogens is 3. The van der Waals surface area contributed by atoms with Gasteiger partial charge >= 0.3 is 0 Å². The molecule has 3 heteroatoms. The van der Waals surface area contributed by atoms with Gasteiger partial charge in [0, 0.05) is 49.4 Å². The van der Waals surface area contributed by atoms with Gasteiger partial charge in [0.1, 0.15) is 0 Å². The summed E-state index contributed by atoms with van der Waals surface area (Å²) in [6, 6.07) is 67.0. The van der Waals surface area contributed by atoms with Crippen molar-refractivity contribution in [3.8, 4) is 28.2 Å². The van der Waals surface area contributed by atoms with Gasteiger partial charge in [-0.05, 0) is 126 Å². The highest BCUT2D eigenvalue weighted by molar-refractivity contribution is 6.14. The monoisotopic (exact) mass is 727 g/mol. The van der Waals surface area contributed by atoms with Crippen LogP contribution >= 0.6 is 0 Å². The molecule has 268 valence electrons. The topological polar surface area (TPSA) is 14.8 Å². The van der Waals surface area contributed by atoms with Crippen molar-refractivity contribution in [3.05, 3.63) is 206 Å². The number of fused-ring (bicyclic) bond motifs is 9. The molecule has 3 nitrogen and oxygen atoms in total. The Hall–Kier alpha value is -7.36. The number of hydrogen-bond acceptors (Lipinski definition) is 0. The molecule has 11 aromatic rings. The van der Waals surface area contributed by atoms with Crippen LogP contribution in [0.5, 0.6) is 0 Å². The van der Waals surface area contributed by atoms with Crippen molar-refractivity contribution in [2.75, 3.05) is 0 Å². The fraction of sp³-hybridized carbons (Fsp3) is 0.0370. The molecule has 57 heavy (non-hydrogen) atoms. The van der Waals surface area contributed by atoms with Gasteiger partial charge in [0.05, 0.1) is 33.1 Å². The van der Waals surface area contributed by atoms with E-state index in [2.05, 4.69) is 214 Å².